The molecule has 0 saturated carbocycles. The van der Waals surface area contributed by atoms with Crippen LogP contribution in [0, 0.1) is 13.8 Å². The first kappa shape index (κ1) is 22.7. The molecule has 1 aliphatic rings. The minimum atomic E-state index is -0.915. The van der Waals surface area contributed by atoms with Crippen LogP contribution < -0.4 is 16.0 Å². The molecule has 0 amide bonds. The van der Waals surface area contributed by atoms with E-state index in [0.29, 0.717) is 39.3 Å². The Morgan fingerprint density at radius 1 is 0.865 bits per heavy atom. The van der Waals surface area contributed by atoms with Gasteiger partial charge in [-0.25, -0.2) is 4.79 Å². The first-order valence-electron chi connectivity index (χ1n) is 11.9. The molecule has 1 aliphatic heterocycles. The quantitative estimate of drug-likeness (QED) is 0.358. The zero-order valence-electron chi connectivity index (χ0n) is 20.8. The van der Waals surface area contributed by atoms with E-state index in [-0.39, 0.29) is 11.5 Å². The van der Waals surface area contributed by atoms with Gasteiger partial charge in [0.2, 0.25) is 0 Å². The van der Waals surface area contributed by atoms with Crippen LogP contribution in [-0.4, -0.2) is 23.9 Å². The van der Waals surface area contributed by atoms with E-state index in [1.54, 1.807) is 19.2 Å². The molecular formula is C29H25N3O5. The normalized spacial score (nSPS) is 14.3. The SMILES string of the molecule is Cc1ccc(-c2c3c(=O)n(C)c(=O)n(C)c3c3n2-c2cc(C)ccc2O[C@@H]3c2cccc(O)c2O)cc1. The number of aryl methyl sites for hydroxylation is 3. The lowest BCUT2D eigenvalue weighted by Crippen LogP contribution is -2.37. The molecule has 0 fully saturated rings. The van der Waals surface area contributed by atoms with Gasteiger partial charge in [0.15, 0.2) is 17.6 Å². The zero-order chi connectivity index (χ0) is 26.2. The molecular weight excluding hydrogens is 470 g/mol. The standard InChI is InChI=1S/C29H25N3O5/c1-15-8-11-17(12-9-15)23-22-24(30(3)29(36)31(4)28(22)35)25-27(18-6-5-7-20(33)26(18)34)37-21-13-10-16(2)14-19(21)32(23)25/h5-14,27,33-34H,1-4H3/t27-/m1/s1. The summed E-state index contributed by atoms with van der Waals surface area (Å²) in [6.07, 6.45) is -0.915. The van der Waals surface area contributed by atoms with E-state index < -0.39 is 17.4 Å². The van der Waals surface area contributed by atoms with Crippen molar-refractivity contribution in [3.8, 4) is 34.2 Å². The Bertz CT molecular complexity index is 1860. The van der Waals surface area contributed by atoms with Crippen LogP contribution in [0.15, 0.2) is 70.3 Å². The lowest BCUT2D eigenvalue weighted by atomic mass is 10.0. The summed E-state index contributed by atoms with van der Waals surface area (Å²) in [6, 6.07) is 18.3. The van der Waals surface area contributed by atoms with Crippen molar-refractivity contribution in [2.24, 2.45) is 14.1 Å². The third kappa shape index (κ3) is 3.15. The summed E-state index contributed by atoms with van der Waals surface area (Å²) in [6.45, 7) is 3.96. The van der Waals surface area contributed by atoms with Crippen LogP contribution in [0.5, 0.6) is 17.2 Å². The fraction of sp³-hybridized carbons (Fsp3) is 0.172. The van der Waals surface area contributed by atoms with Crippen molar-refractivity contribution >= 4 is 10.9 Å². The molecule has 0 bridgehead atoms. The number of aromatic nitrogens is 3. The number of phenols is 2. The van der Waals surface area contributed by atoms with Gasteiger partial charge in [-0.1, -0.05) is 48.0 Å². The fourth-order valence-electron chi connectivity index (χ4n) is 5.23. The summed E-state index contributed by atoms with van der Waals surface area (Å²) in [4.78, 5) is 26.9. The molecule has 3 aromatic carbocycles. The number of ether oxygens (including phenoxy) is 1. The van der Waals surface area contributed by atoms with Crippen molar-refractivity contribution in [3.05, 3.63) is 104 Å². The molecule has 0 aliphatic carbocycles. The molecule has 0 radical (unpaired) electrons. The smallest absolute Gasteiger partial charge is 0.331 e. The van der Waals surface area contributed by atoms with Gasteiger partial charge in [-0.3, -0.25) is 13.9 Å². The van der Waals surface area contributed by atoms with Gasteiger partial charge < -0.3 is 19.5 Å². The number of para-hydroxylation sites is 1. The van der Waals surface area contributed by atoms with Crippen LogP contribution in [0.1, 0.15) is 28.5 Å². The molecule has 2 N–H and O–H groups in total. The highest BCUT2D eigenvalue weighted by atomic mass is 16.5. The van der Waals surface area contributed by atoms with Crippen molar-refractivity contribution in [3.63, 3.8) is 0 Å². The summed E-state index contributed by atoms with van der Waals surface area (Å²) in [5, 5.41) is 21.5. The topological polar surface area (TPSA) is 98.6 Å². The molecule has 2 aromatic heterocycles. The number of benzene rings is 3. The van der Waals surface area contributed by atoms with Crippen LogP contribution in [0.3, 0.4) is 0 Å². The Labute approximate surface area is 211 Å². The predicted octanol–water partition coefficient (Wildman–Crippen LogP) is 4.20. The third-order valence-electron chi connectivity index (χ3n) is 7.11. The number of phenolic OH excluding ortho intramolecular Hbond substituents is 2. The minimum Gasteiger partial charge on any atom is -0.504 e. The van der Waals surface area contributed by atoms with Crippen molar-refractivity contribution in [1.29, 1.82) is 0 Å². The Morgan fingerprint density at radius 2 is 1.57 bits per heavy atom. The average molecular weight is 496 g/mol. The van der Waals surface area contributed by atoms with Gasteiger partial charge in [0.05, 0.1) is 28.0 Å². The van der Waals surface area contributed by atoms with E-state index in [1.165, 1.54) is 17.7 Å². The maximum atomic E-state index is 13.7. The summed E-state index contributed by atoms with van der Waals surface area (Å²) < 4.78 is 11.0. The van der Waals surface area contributed by atoms with Crippen LogP contribution in [0.2, 0.25) is 0 Å². The fourth-order valence-corrected chi connectivity index (χ4v) is 5.23. The average Bonchev–Trinajstić information content (AvgIpc) is 3.25. The van der Waals surface area contributed by atoms with Crippen LogP contribution >= 0.6 is 0 Å². The van der Waals surface area contributed by atoms with E-state index in [4.69, 9.17) is 4.74 Å². The van der Waals surface area contributed by atoms with Gasteiger partial charge in [-0.2, -0.15) is 0 Å². The molecule has 3 heterocycles. The van der Waals surface area contributed by atoms with Crippen molar-refractivity contribution in [2.45, 2.75) is 20.0 Å². The van der Waals surface area contributed by atoms with Crippen molar-refractivity contribution in [2.75, 3.05) is 0 Å². The lowest BCUT2D eigenvalue weighted by Gasteiger charge is -2.30. The Morgan fingerprint density at radius 3 is 2.30 bits per heavy atom. The Kier molecular flexibility index (Phi) is 4.85. The van der Waals surface area contributed by atoms with Crippen LogP contribution in [-0.2, 0) is 14.1 Å². The first-order valence-corrected chi connectivity index (χ1v) is 11.9. The summed E-state index contributed by atoms with van der Waals surface area (Å²) in [7, 11) is 3.09. The van der Waals surface area contributed by atoms with Gasteiger partial charge in [-0.15, -0.1) is 0 Å². The highest BCUT2D eigenvalue weighted by Crippen LogP contribution is 2.49. The van der Waals surface area contributed by atoms with Gasteiger partial charge in [0.25, 0.3) is 5.56 Å². The van der Waals surface area contributed by atoms with E-state index >= 15 is 0 Å². The maximum Gasteiger partial charge on any atom is 0.331 e. The van der Waals surface area contributed by atoms with Crippen molar-refractivity contribution in [1.82, 2.24) is 13.7 Å². The first-order chi connectivity index (χ1) is 17.7. The van der Waals surface area contributed by atoms with E-state index in [0.717, 1.165) is 21.3 Å². The second-order valence-electron chi connectivity index (χ2n) is 9.55. The van der Waals surface area contributed by atoms with E-state index in [2.05, 4.69) is 0 Å². The molecule has 8 heteroatoms. The number of nitrogens with zero attached hydrogens (tertiary/aromatic N) is 3. The lowest BCUT2D eigenvalue weighted by molar-refractivity contribution is 0.223. The Balaban J connectivity index is 1.88. The number of hydrogen-bond donors (Lipinski definition) is 2. The number of rotatable bonds is 2. The van der Waals surface area contributed by atoms with Crippen molar-refractivity contribution < 1.29 is 14.9 Å². The summed E-state index contributed by atoms with van der Waals surface area (Å²) in [5.41, 5.74) is 4.53. The monoisotopic (exact) mass is 495 g/mol. The Hall–Kier alpha value is -4.72. The van der Waals surface area contributed by atoms with Gasteiger partial charge in [0.1, 0.15) is 5.75 Å². The van der Waals surface area contributed by atoms with E-state index in [9.17, 15) is 19.8 Å². The number of fused-ring (bicyclic) bond motifs is 5. The predicted molar refractivity (Wildman–Crippen MR) is 141 cm³/mol. The summed E-state index contributed by atoms with van der Waals surface area (Å²) in [5.74, 6) is -0.0715. The molecule has 37 heavy (non-hydrogen) atoms. The van der Waals surface area contributed by atoms with Gasteiger partial charge in [-0.05, 0) is 43.2 Å². The largest absolute Gasteiger partial charge is 0.504 e. The second kappa shape index (κ2) is 7.89. The molecule has 5 aromatic rings. The van der Waals surface area contributed by atoms with Gasteiger partial charge >= 0.3 is 5.69 Å². The van der Waals surface area contributed by atoms with Crippen LogP contribution in [0.25, 0.3) is 27.8 Å². The molecule has 0 spiro atoms. The summed E-state index contributed by atoms with van der Waals surface area (Å²) >= 11 is 0. The molecule has 0 unspecified atom stereocenters. The maximum absolute atomic E-state index is 13.7. The third-order valence-corrected chi connectivity index (χ3v) is 7.11. The van der Waals surface area contributed by atoms with Gasteiger partial charge in [0, 0.05) is 19.7 Å². The number of aromatic hydroxyl groups is 2. The zero-order valence-corrected chi connectivity index (χ0v) is 20.8. The van der Waals surface area contributed by atoms with Crippen LogP contribution in [0.4, 0.5) is 0 Å². The van der Waals surface area contributed by atoms with E-state index in [1.807, 2.05) is 60.9 Å². The molecule has 1 atom stereocenters. The highest BCUT2D eigenvalue weighted by Gasteiger charge is 2.37. The number of hydrogen-bond acceptors (Lipinski definition) is 5. The highest BCUT2D eigenvalue weighted by molar-refractivity contribution is 5.98. The molecule has 6 rings (SSSR count). The molecule has 0 saturated heterocycles. The second-order valence-corrected chi connectivity index (χ2v) is 9.55. The molecule has 186 valence electrons. The minimum absolute atomic E-state index is 0.290. The molecule has 8 nitrogen and oxygen atoms in total.